The highest BCUT2D eigenvalue weighted by Crippen LogP contribution is 2.45. The van der Waals surface area contributed by atoms with Crippen LogP contribution in [0.3, 0.4) is 0 Å². The maximum Gasteiger partial charge on any atom is 0.264 e. The van der Waals surface area contributed by atoms with Crippen molar-refractivity contribution in [3.8, 4) is 0 Å². The predicted octanol–water partition coefficient (Wildman–Crippen LogP) is 5.37. The van der Waals surface area contributed by atoms with Crippen molar-refractivity contribution in [3.63, 3.8) is 0 Å². The molecule has 1 aliphatic carbocycles. The first-order chi connectivity index (χ1) is 17.5. The van der Waals surface area contributed by atoms with E-state index in [1.807, 2.05) is 23.4 Å². The Hall–Kier alpha value is -2.71. The van der Waals surface area contributed by atoms with E-state index in [4.69, 9.17) is 0 Å². The number of aromatic nitrogens is 2. The van der Waals surface area contributed by atoms with E-state index in [9.17, 15) is 4.79 Å². The highest BCUT2D eigenvalue weighted by atomic mass is 32.1. The number of amides is 1. The molecule has 3 aromatic heterocycles. The number of hydrogen-bond acceptors (Lipinski definition) is 7. The first-order valence-corrected chi connectivity index (χ1v) is 14.3. The highest BCUT2D eigenvalue weighted by Gasteiger charge is 2.41. The molecule has 0 spiro atoms. The standard InChI is InChI=1S/C28H36N6OS/c1-3-28(2)17-34(18-28)27(35)26-25(19-6-4-5-7-19)21-14-24(31-16-22(21)36-26)32-23-9-8-20(15-30-23)33-12-10-29-11-13-33/h8-9,14-16,19,29H,3-7,10-13,17-18H2,1-2H3,(H,30,31,32). The Kier molecular flexibility index (Phi) is 6.33. The third-order valence-electron chi connectivity index (χ3n) is 8.34. The maximum atomic E-state index is 13.6. The Morgan fingerprint density at radius 3 is 2.58 bits per heavy atom. The predicted molar refractivity (Wildman–Crippen MR) is 148 cm³/mol. The lowest BCUT2D eigenvalue weighted by Crippen LogP contribution is -2.56. The van der Waals surface area contributed by atoms with Crippen molar-refractivity contribution < 1.29 is 4.79 Å². The number of anilines is 3. The third kappa shape index (κ3) is 4.45. The van der Waals surface area contributed by atoms with Crippen LogP contribution in [0.25, 0.3) is 10.1 Å². The molecule has 3 fully saturated rings. The molecular formula is C28H36N6OS. The normalized spacial score (nSPS) is 20.1. The van der Waals surface area contributed by atoms with Crippen molar-refractivity contribution in [3.05, 3.63) is 41.0 Å². The Morgan fingerprint density at radius 1 is 1.14 bits per heavy atom. The van der Waals surface area contributed by atoms with Crippen LogP contribution < -0.4 is 15.5 Å². The number of carbonyl (C=O) groups excluding carboxylic acids is 1. The van der Waals surface area contributed by atoms with Gasteiger partial charge >= 0.3 is 0 Å². The summed E-state index contributed by atoms with van der Waals surface area (Å²) in [4.78, 5) is 28.3. The molecule has 5 heterocycles. The van der Waals surface area contributed by atoms with Crippen molar-refractivity contribution in [1.29, 1.82) is 0 Å². The van der Waals surface area contributed by atoms with Crippen LogP contribution in [-0.4, -0.2) is 60.0 Å². The van der Waals surface area contributed by atoms with Crippen LogP contribution in [0.2, 0.25) is 0 Å². The summed E-state index contributed by atoms with van der Waals surface area (Å²) in [5.41, 5.74) is 2.68. The average Bonchev–Trinajstić information content (AvgIpc) is 3.55. The van der Waals surface area contributed by atoms with Crippen LogP contribution in [0, 0.1) is 5.41 Å². The molecule has 8 heteroatoms. The van der Waals surface area contributed by atoms with Crippen LogP contribution in [0.15, 0.2) is 30.6 Å². The number of likely N-dealkylation sites (tertiary alicyclic amines) is 1. The van der Waals surface area contributed by atoms with Gasteiger partial charge < -0.3 is 20.4 Å². The number of hydrogen-bond donors (Lipinski definition) is 2. The second-order valence-electron chi connectivity index (χ2n) is 11.0. The van der Waals surface area contributed by atoms with Gasteiger partial charge in [-0.25, -0.2) is 9.97 Å². The molecule has 2 aliphatic heterocycles. The fraction of sp³-hybridized carbons (Fsp3) is 0.536. The van der Waals surface area contributed by atoms with Crippen molar-refractivity contribution >= 4 is 44.7 Å². The molecule has 0 bridgehead atoms. The minimum absolute atomic E-state index is 0.212. The van der Waals surface area contributed by atoms with E-state index in [0.29, 0.717) is 5.92 Å². The molecule has 2 N–H and O–H groups in total. The minimum Gasteiger partial charge on any atom is -0.368 e. The molecule has 3 aromatic rings. The van der Waals surface area contributed by atoms with Gasteiger partial charge in [-0.15, -0.1) is 11.3 Å². The van der Waals surface area contributed by atoms with Gasteiger partial charge in [0.15, 0.2) is 0 Å². The molecular weight excluding hydrogens is 468 g/mol. The van der Waals surface area contributed by atoms with Crippen molar-refractivity contribution in [1.82, 2.24) is 20.2 Å². The molecule has 0 atom stereocenters. The van der Waals surface area contributed by atoms with Gasteiger partial charge in [-0.3, -0.25) is 4.79 Å². The SMILES string of the molecule is CCC1(C)CN(C(=O)c2sc3cnc(Nc4ccc(N5CCNCC5)cn4)cc3c2C2CCCC2)C1. The van der Waals surface area contributed by atoms with Crippen LogP contribution >= 0.6 is 11.3 Å². The molecule has 3 aliphatic rings. The summed E-state index contributed by atoms with van der Waals surface area (Å²) in [6.45, 7) is 10.3. The lowest BCUT2D eigenvalue weighted by Gasteiger charge is -2.47. The van der Waals surface area contributed by atoms with E-state index >= 15 is 0 Å². The topological polar surface area (TPSA) is 73.4 Å². The average molecular weight is 505 g/mol. The van der Waals surface area contributed by atoms with E-state index in [-0.39, 0.29) is 11.3 Å². The number of nitrogens with one attached hydrogen (secondary N) is 2. The van der Waals surface area contributed by atoms with Gasteiger partial charge in [-0.2, -0.15) is 0 Å². The van der Waals surface area contributed by atoms with E-state index in [2.05, 4.69) is 51.5 Å². The van der Waals surface area contributed by atoms with Gasteiger partial charge in [-0.1, -0.05) is 26.7 Å². The Labute approximate surface area is 217 Å². The zero-order valence-electron chi connectivity index (χ0n) is 21.3. The van der Waals surface area contributed by atoms with Gasteiger partial charge in [0.25, 0.3) is 5.91 Å². The number of fused-ring (bicyclic) bond motifs is 1. The van der Waals surface area contributed by atoms with E-state index in [1.54, 1.807) is 11.3 Å². The summed E-state index contributed by atoms with van der Waals surface area (Å²) >= 11 is 1.63. The smallest absolute Gasteiger partial charge is 0.264 e. The third-order valence-corrected chi connectivity index (χ3v) is 9.49. The Bertz CT molecular complexity index is 1240. The summed E-state index contributed by atoms with van der Waals surface area (Å²) in [5, 5.41) is 7.98. The number of rotatable bonds is 6. The molecule has 2 saturated heterocycles. The summed E-state index contributed by atoms with van der Waals surface area (Å²) in [6.07, 6.45) is 9.80. The fourth-order valence-electron chi connectivity index (χ4n) is 5.96. The summed E-state index contributed by atoms with van der Waals surface area (Å²) in [5.74, 6) is 2.24. The van der Waals surface area contributed by atoms with Gasteiger partial charge in [0.1, 0.15) is 11.6 Å². The maximum absolute atomic E-state index is 13.6. The second-order valence-corrected chi connectivity index (χ2v) is 12.0. The molecule has 1 amide bonds. The van der Waals surface area contributed by atoms with Crippen molar-refractivity contribution in [2.75, 3.05) is 49.5 Å². The summed E-state index contributed by atoms with van der Waals surface area (Å²) < 4.78 is 1.10. The molecule has 190 valence electrons. The Morgan fingerprint density at radius 2 is 1.89 bits per heavy atom. The van der Waals surface area contributed by atoms with Gasteiger partial charge in [0.05, 0.1) is 21.5 Å². The lowest BCUT2D eigenvalue weighted by molar-refractivity contribution is 0.0137. The number of thiophene rings is 1. The molecule has 6 rings (SSSR count). The zero-order chi connectivity index (χ0) is 24.7. The van der Waals surface area contributed by atoms with Gasteiger partial charge in [0.2, 0.25) is 0 Å². The number of nitrogens with zero attached hydrogens (tertiary/aromatic N) is 4. The molecule has 0 aromatic carbocycles. The number of pyridine rings is 2. The van der Waals surface area contributed by atoms with Gasteiger partial charge in [0, 0.05) is 56.3 Å². The van der Waals surface area contributed by atoms with Crippen molar-refractivity contribution in [2.45, 2.75) is 51.9 Å². The monoisotopic (exact) mass is 504 g/mol. The van der Waals surface area contributed by atoms with E-state index < -0.39 is 0 Å². The van der Waals surface area contributed by atoms with Crippen LogP contribution in [0.1, 0.15) is 67.1 Å². The zero-order valence-corrected chi connectivity index (χ0v) is 22.2. The number of carbonyl (C=O) groups is 1. The molecule has 7 nitrogen and oxygen atoms in total. The molecule has 1 saturated carbocycles. The minimum atomic E-state index is 0.212. The number of piperazine rings is 1. The quantitative estimate of drug-likeness (QED) is 0.470. The summed E-state index contributed by atoms with van der Waals surface area (Å²) in [7, 11) is 0. The van der Waals surface area contributed by atoms with E-state index in [0.717, 1.165) is 72.6 Å². The van der Waals surface area contributed by atoms with Crippen LogP contribution in [-0.2, 0) is 0 Å². The largest absolute Gasteiger partial charge is 0.368 e. The van der Waals surface area contributed by atoms with Crippen LogP contribution in [0.4, 0.5) is 17.3 Å². The molecule has 0 unspecified atom stereocenters. The Balaban J connectivity index is 1.27. The fourth-order valence-corrected chi connectivity index (χ4v) is 7.16. The lowest BCUT2D eigenvalue weighted by atomic mass is 9.79. The van der Waals surface area contributed by atoms with Gasteiger partial charge in [-0.05, 0) is 48.9 Å². The van der Waals surface area contributed by atoms with E-state index in [1.165, 1.54) is 36.6 Å². The molecule has 0 radical (unpaired) electrons. The first-order valence-electron chi connectivity index (χ1n) is 13.4. The second kappa shape index (κ2) is 9.63. The highest BCUT2D eigenvalue weighted by molar-refractivity contribution is 7.21. The first kappa shape index (κ1) is 23.7. The van der Waals surface area contributed by atoms with Crippen LogP contribution in [0.5, 0.6) is 0 Å². The van der Waals surface area contributed by atoms with Crippen molar-refractivity contribution in [2.24, 2.45) is 5.41 Å². The molecule has 36 heavy (non-hydrogen) atoms. The summed E-state index contributed by atoms with van der Waals surface area (Å²) in [6, 6.07) is 6.29.